The summed E-state index contributed by atoms with van der Waals surface area (Å²) in [7, 11) is 1.62. The number of aliphatic hydroxyl groups is 1. The molecule has 0 saturated heterocycles. The molecule has 1 N–H and O–H groups in total. The van der Waals surface area contributed by atoms with Gasteiger partial charge in [-0.1, -0.05) is 58.9 Å². The molecule has 0 spiro atoms. The van der Waals surface area contributed by atoms with E-state index in [-0.39, 0.29) is 29.6 Å². The van der Waals surface area contributed by atoms with Crippen molar-refractivity contribution < 1.29 is 28.9 Å². The molecule has 1 heterocycles. The Bertz CT molecular complexity index is 817. The van der Waals surface area contributed by atoms with Crippen LogP contribution in [-0.2, 0) is 25.7 Å². The van der Waals surface area contributed by atoms with Crippen molar-refractivity contribution in [1.29, 1.82) is 0 Å². The Kier molecular flexibility index (Phi) is 10.8. The van der Waals surface area contributed by atoms with E-state index in [0.29, 0.717) is 19.4 Å². The monoisotopic (exact) mass is 474 g/mol. The number of hydrogen-bond acceptors (Lipinski definition) is 6. The third kappa shape index (κ3) is 7.41. The van der Waals surface area contributed by atoms with Gasteiger partial charge >= 0.3 is 5.97 Å². The van der Waals surface area contributed by atoms with Crippen LogP contribution in [0.5, 0.6) is 5.75 Å². The SMILES string of the molecule is CC[C@H]1OC(=O)C(C)C(=O)[C@H](C)[C@@H](OCc2ccc(OC)cc2)[C@@H](C)C[C@@H](C)C(O)/C=C/[C@H]1C. The summed E-state index contributed by atoms with van der Waals surface area (Å²) in [6.07, 6.45) is 3.63. The van der Waals surface area contributed by atoms with Gasteiger partial charge in [0.15, 0.2) is 5.78 Å². The zero-order chi connectivity index (χ0) is 25.4. The molecule has 0 amide bonds. The van der Waals surface area contributed by atoms with E-state index in [4.69, 9.17) is 14.2 Å². The molecule has 6 nitrogen and oxygen atoms in total. The molecular weight excluding hydrogens is 432 g/mol. The number of carbonyl (C=O) groups excluding carboxylic acids is 2. The van der Waals surface area contributed by atoms with Crippen molar-refractivity contribution in [3.63, 3.8) is 0 Å². The van der Waals surface area contributed by atoms with Gasteiger partial charge in [-0.3, -0.25) is 9.59 Å². The van der Waals surface area contributed by atoms with Crippen LogP contribution in [-0.4, -0.2) is 42.3 Å². The average Bonchev–Trinajstić information content (AvgIpc) is 2.84. The summed E-state index contributed by atoms with van der Waals surface area (Å²) in [6.45, 7) is 11.7. The molecule has 190 valence electrons. The fraction of sp³-hybridized carbons (Fsp3) is 0.643. The number of benzene rings is 1. The smallest absolute Gasteiger partial charge is 0.316 e. The van der Waals surface area contributed by atoms with Gasteiger partial charge in [-0.2, -0.15) is 0 Å². The fourth-order valence-electron chi connectivity index (χ4n) is 4.66. The molecular formula is C28H42O6. The van der Waals surface area contributed by atoms with E-state index in [1.54, 1.807) is 20.1 Å². The van der Waals surface area contributed by atoms with E-state index in [1.807, 2.05) is 65.0 Å². The first-order chi connectivity index (χ1) is 16.1. The summed E-state index contributed by atoms with van der Waals surface area (Å²) >= 11 is 0. The maximum Gasteiger partial charge on any atom is 0.316 e. The van der Waals surface area contributed by atoms with Gasteiger partial charge in [0.25, 0.3) is 0 Å². The summed E-state index contributed by atoms with van der Waals surface area (Å²) in [5.74, 6) is -1.38. The van der Waals surface area contributed by atoms with Gasteiger partial charge in [0.1, 0.15) is 17.8 Å². The van der Waals surface area contributed by atoms with E-state index in [9.17, 15) is 14.7 Å². The van der Waals surface area contributed by atoms with Crippen molar-refractivity contribution in [2.45, 2.75) is 79.3 Å². The van der Waals surface area contributed by atoms with E-state index in [1.165, 1.54) is 0 Å². The number of methoxy groups -OCH3 is 1. The molecule has 0 aromatic heterocycles. The molecule has 0 aliphatic carbocycles. The topological polar surface area (TPSA) is 82.1 Å². The van der Waals surface area contributed by atoms with Crippen LogP contribution < -0.4 is 4.74 Å². The van der Waals surface area contributed by atoms with Crippen LogP contribution in [0, 0.1) is 29.6 Å². The number of rotatable bonds is 5. The minimum Gasteiger partial charge on any atom is -0.497 e. The first-order valence-corrected chi connectivity index (χ1v) is 12.4. The number of esters is 1. The van der Waals surface area contributed by atoms with Crippen LogP contribution in [0.15, 0.2) is 36.4 Å². The highest BCUT2D eigenvalue weighted by Gasteiger charge is 2.37. The van der Waals surface area contributed by atoms with E-state index < -0.39 is 30.0 Å². The summed E-state index contributed by atoms with van der Waals surface area (Å²) in [4.78, 5) is 26.2. The molecule has 2 unspecified atom stereocenters. The number of Topliss-reactive ketones (excluding diaryl/α,β-unsaturated/α-hetero) is 1. The van der Waals surface area contributed by atoms with Crippen molar-refractivity contribution in [3.05, 3.63) is 42.0 Å². The third-order valence-electron chi connectivity index (χ3n) is 7.08. The minimum atomic E-state index is -0.870. The number of aliphatic hydroxyl groups excluding tert-OH is 1. The standard InChI is InChI=1S/C28H42O6/c1-8-25-17(2)9-14-24(29)18(3)15-19(4)27(20(5)26(30)21(6)28(31)34-25)33-16-22-10-12-23(32-7)13-11-22/h9-14,17-21,24-25,27,29H,8,15-16H2,1-7H3/b14-9+/t17-,18-,19+,20+,21?,24?,25-,27+/m1/s1. The van der Waals surface area contributed by atoms with Crippen molar-refractivity contribution >= 4 is 11.8 Å². The number of ketones is 1. The van der Waals surface area contributed by atoms with Crippen molar-refractivity contribution in [2.75, 3.05) is 7.11 Å². The maximum absolute atomic E-state index is 13.3. The summed E-state index contributed by atoms with van der Waals surface area (Å²) < 4.78 is 17.2. The van der Waals surface area contributed by atoms with Gasteiger partial charge in [-0.15, -0.1) is 0 Å². The lowest BCUT2D eigenvalue weighted by atomic mass is 9.80. The predicted octanol–water partition coefficient (Wildman–Crippen LogP) is 4.97. The zero-order valence-corrected chi connectivity index (χ0v) is 21.7. The second kappa shape index (κ2) is 13.1. The lowest BCUT2D eigenvalue weighted by Gasteiger charge is -2.33. The van der Waals surface area contributed by atoms with Crippen LogP contribution in [0.2, 0.25) is 0 Å². The molecule has 0 radical (unpaired) electrons. The van der Waals surface area contributed by atoms with E-state index >= 15 is 0 Å². The Labute approximate surface area is 204 Å². The van der Waals surface area contributed by atoms with Gasteiger partial charge in [0.05, 0.1) is 25.9 Å². The Morgan fingerprint density at radius 2 is 1.65 bits per heavy atom. The van der Waals surface area contributed by atoms with Gasteiger partial charge in [-0.05, 0) is 49.3 Å². The summed E-state index contributed by atoms with van der Waals surface area (Å²) in [5.41, 5.74) is 0.968. The molecule has 0 bridgehead atoms. The van der Waals surface area contributed by atoms with Crippen LogP contribution in [0.3, 0.4) is 0 Å². The molecule has 0 fully saturated rings. The number of cyclic esters (lactones) is 1. The van der Waals surface area contributed by atoms with E-state index in [2.05, 4.69) is 0 Å². The molecule has 1 aromatic rings. The van der Waals surface area contributed by atoms with Gasteiger partial charge in [-0.25, -0.2) is 0 Å². The Morgan fingerprint density at radius 1 is 1.00 bits per heavy atom. The number of ether oxygens (including phenoxy) is 3. The second-order valence-corrected chi connectivity index (χ2v) is 9.84. The predicted molar refractivity (Wildman–Crippen MR) is 132 cm³/mol. The first-order valence-electron chi connectivity index (χ1n) is 12.4. The zero-order valence-electron chi connectivity index (χ0n) is 21.7. The summed E-state index contributed by atoms with van der Waals surface area (Å²) in [6, 6.07) is 7.61. The highest BCUT2D eigenvalue weighted by atomic mass is 16.5. The highest BCUT2D eigenvalue weighted by molar-refractivity contribution is 5.99. The Hall–Kier alpha value is -2.18. The first kappa shape index (κ1) is 28.1. The molecule has 0 saturated carbocycles. The van der Waals surface area contributed by atoms with Crippen molar-refractivity contribution in [2.24, 2.45) is 29.6 Å². The molecule has 1 aliphatic heterocycles. The second-order valence-electron chi connectivity index (χ2n) is 9.84. The van der Waals surface area contributed by atoms with Crippen LogP contribution in [0.4, 0.5) is 0 Å². The summed E-state index contributed by atoms with van der Waals surface area (Å²) in [5, 5.41) is 10.7. The highest BCUT2D eigenvalue weighted by Crippen LogP contribution is 2.30. The largest absolute Gasteiger partial charge is 0.497 e. The van der Waals surface area contributed by atoms with Crippen molar-refractivity contribution in [1.82, 2.24) is 0 Å². The Morgan fingerprint density at radius 3 is 2.24 bits per heavy atom. The fourth-order valence-corrected chi connectivity index (χ4v) is 4.66. The average molecular weight is 475 g/mol. The lowest BCUT2D eigenvalue weighted by molar-refractivity contribution is -0.160. The van der Waals surface area contributed by atoms with Crippen LogP contribution in [0.25, 0.3) is 0 Å². The van der Waals surface area contributed by atoms with Gasteiger partial charge < -0.3 is 19.3 Å². The molecule has 1 aromatic carbocycles. The number of hydrogen-bond donors (Lipinski definition) is 1. The molecule has 1 aliphatic rings. The van der Waals surface area contributed by atoms with E-state index in [0.717, 1.165) is 11.3 Å². The lowest BCUT2D eigenvalue weighted by Crippen LogP contribution is -2.40. The van der Waals surface area contributed by atoms with Crippen molar-refractivity contribution in [3.8, 4) is 5.75 Å². The molecule has 6 heteroatoms. The van der Waals surface area contributed by atoms with Gasteiger partial charge in [0, 0.05) is 11.8 Å². The van der Waals surface area contributed by atoms with Crippen LogP contribution in [0.1, 0.15) is 59.9 Å². The van der Waals surface area contributed by atoms with Crippen LogP contribution >= 0.6 is 0 Å². The molecule has 2 rings (SSSR count). The third-order valence-corrected chi connectivity index (χ3v) is 7.08. The maximum atomic E-state index is 13.3. The molecule has 34 heavy (non-hydrogen) atoms. The Balaban J connectivity index is 2.30. The molecule has 8 atom stereocenters. The minimum absolute atomic E-state index is 0.0118. The number of carbonyl (C=O) groups is 2. The van der Waals surface area contributed by atoms with Gasteiger partial charge in [0.2, 0.25) is 0 Å². The quantitative estimate of drug-likeness (QED) is 0.368. The normalized spacial score (nSPS) is 34.7.